The standard InChI is InChI=1S/CHNO.5CN.Co.Li.O/c2-1-3;5*1-2;;;/h3H;;;;;;;;/q;5*-1;;+1;. The van der Waals surface area contributed by atoms with Crippen LogP contribution >= 0.6 is 0 Å². The predicted octanol–water partition coefficient (Wildman–Crippen LogP) is -2.80. The Morgan fingerprint density at radius 3 is 0.750 bits per heavy atom. The van der Waals surface area contributed by atoms with Crippen LogP contribution in [0.2, 0.25) is 0 Å². The summed E-state index contributed by atoms with van der Waals surface area (Å²) in [5.41, 5.74) is 0. The molecule has 10 heteroatoms. The summed E-state index contributed by atoms with van der Waals surface area (Å²) in [4.78, 5) is 0. The topological polar surface area (TPSA) is 180 Å². The number of hydrogen-bond donors (Lipinski definition) is 1. The first-order chi connectivity index (χ1) is 7.41. The second kappa shape index (κ2) is 932. The second-order valence-corrected chi connectivity index (χ2v) is 0.100. The molecule has 0 bridgehead atoms. The van der Waals surface area contributed by atoms with Crippen LogP contribution in [0.15, 0.2) is 0 Å². The van der Waals surface area contributed by atoms with E-state index in [1.165, 1.54) is 0 Å². The first kappa shape index (κ1) is 68.5. The molecule has 0 saturated carbocycles. The van der Waals surface area contributed by atoms with Crippen LogP contribution in [-0.2, 0) is 19.5 Å². The molecule has 0 aromatic carbocycles. The van der Waals surface area contributed by atoms with E-state index in [0.29, 0.717) is 0 Å². The van der Waals surface area contributed by atoms with Crippen LogP contribution in [0.3, 0.4) is 0 Å². The summed E-state index contributed by atoms with van der Waals surface area (Å²) in [6, 6.07) is 0. The van der Waals surface area contributed by atoms with E-state index in [1.54, 1.807) is 0 Å². The quantitative estimate of drug-likeness (QED) is 0.273. The van der Waals surface area contributed by atoms with Gasteiger partial charge in [0.1, 0.15) is 0 Å². The van der Waals surface area contributed by atoms with E-state index < -0.39 is 0 Å². The molecular weight excluding hydrogens is 254 g/mol. The molecule has 8 nitrogen and oxygen atoms in total. The van der Waals surface area contributed by atoms with Crippen molar-refractivity contribution in [3.05, 3.63) is 32.9 Å². The normalized spacial score (nSPS) is 1.38. The van der Waals surface area contributed by atoms with Crippen LogP contribution in [0.4, 0.5) is 0 Å². The van der Waals surface area contributed by atoms with Crippen molar-refractivity contribution in [1.29, 1.82) is 31.6 Å². The summed E-state index contributed by atoms with van der Waals surface area (Å²) in [7, 11) is 0. The Bertz CT molecular complexity index is 159. The summed E-state index contributed by atoms with van der Waals surface area (Å²) in [6.07, 6.45) is 0.750. The van der Waals surface area contributed by atoms with Crippen molar-refractivity contribution in [3.8, 4) is 6.26 Å². The molecule has 0 amide bonds. The van der Waals surface area contributed by atoms with Gasteiger partial charge in [-0.1, -0.05) is 0 Å². The van der Waals surface area contributed by atoms with E-state index in [9.17, 15) is 0 Å². The summed E-state index contributed by atoms with van der Waals surface area (Å²) in [6.45, 7) is 23.8. The summed E-state index contributed by atoms with van der Waals surface area (Å²) >= 11 is 2.31. The number of nitrogens with zero attached hydrogens (tertiary/aromatic N) is 6. The molecular formula is C6HCoLiN6O2-4. The third-order valence-corrected chi connectivity index (χ3v) is 0. The second-order valence-electron chi connectivity index (χ2n) is 0.100. The van der Waals surface area contributed by atoms with Crippen LogP contribution in [0.5, 0.6) is 0 Å². The van der Waals surface area contributed by atoms with Crippen LogP contribution < -0.4 is 18.9 Å². The molecule has 0 fully saturated rings. The van der Waals surface area contributed by atoms with Gasteiger partial charge in [-0.05, 0) is 0 Å². The third kappa shape index (κ3) is 238. The van der Waals surface area contributed by atoms with Gasteiger partial charge in [-0.25, -0.2) is 0 Å². The Morgan fingerprint density at radius 1 is 0.750 bits per heavy atom. The SMILES string of the molecule is N#CO.[C-]#N.[C-]#N.[C-]#N.[C-]#N.[C-]#N.[Li+].[O]=[Co]. The van der Waals surface area contributed by atoms with Crippen molar-refractivity contribution in [2.24, 2.45) is 0 Å². The molecule has 0 spiro atoms. The van der Waals surface area contributed by atoms with Gasteiger partial charge < -0.3 is 64.3 Å². The summed E-state index contributed by atoms with van der Waals surface area (Å²) < 4.78 is 7.94. The Labute approximate surface area is 114 Å². The van der Waals surface area contributed by atoms with Gasteiger partial charge in [0.25, 0.3) is 6.26 Å². The number of hydrogen-bond acceptors (Lipinski definition) is 8. The van der Waals surface area contributed by atoms with Crippen molar-refractivity contribution < 1.29 is 43.5 Å². The Kier molecular flexibility index (Phi) is 3990. The molecule has 0 aromatic heterocycles. The van der Waals surface area contributed by atoms with Crippen LogP contribution in [-0.4, -0.2) is 5.11 Å². The van der Waals surface area contributed by atoms with Crippen LogP contribution in [0.25, 0.3) is 0 Å². The number of rotatable bonds is 0. The first-order valence-corrected chi connectivity index (χ1v) is 2.13. The third-order valence-electron chi connectivity index (χ3n) is 0. The molecule has 0 radical (unpaired) electrons. The number of aliphatic hydroxyl groups is 1. The van der Waals surface area contributed by atoms with E-state index >= 15 is 0 Å². The Balaban J connectivity index is -0.00000000777. The Morgan fingerprint density at radius 2 is 0.750 bits per heavy atom. The first-order valence-electron chi connectivity index (χ1n) is 1.70. The van der Waals surface area contributed by atoms with Gasteiger partial charge in [0.05, 0.1) is 0 Å². The summed E-state index contributed by atoms with van der Waals surface area (Å²) in [5, 5.41) is 45.0. The van der Waals surface area contributed by atoms with Crippen molar-refractivity contribution >= 4 is 0 Å². The van der Waals surface area contributed by atoms with Gasteiger partial charge in [-0.2, -0.15) is 5.26 Å². The average molecular weight is 255 g/mol. The molecule has 0 unspecified atom stereocenters. The number of aliphatic hydroxyl groups excluding tert-OH is 1. The Hall–Kier alpha value is -2.36. The zero-order valence-corrected chi connectivity index (χ0v) is 8.91. The van der Waals surface area contributed by atoms with Crippen molar-refractivity contribution in [2.45, 2.75) is 0 Å². The van der Waals surface area contributed by atoms with Crippen molar-refractivity contribution in [1.82, 2.24) is 0 Å². The maximum atomic E-state index is 7.94. The van der Waals surface area contributed by atoms with Gasteiger partial charge in [-0.15, -0.1) is 0 Å². The monoisotopic (exact) mass is 255 g/mol. The summed E-state index contributed by atoms with van der Waals surface area (Å²) in [5.74, 6) is 0. The fraction of sp³-hybridized carbons (Fsp3) is 0. The van der Waals surface area contributed by atoms with Crippen molar-refractivity contribution in [2.75, 3.05) is 0 Å². The van der Waals surface area contributed by atoms with Gasteiger partial charge >= 0.3 is 38.4 Å². The van der Waals surface area contributed by atoms with Crippen LogP contribution in [0, 0.1) is 70.7 Å². The maximum absolute atomic E-state index is 7.94. The number of nitriles is 1. The van der Waals surface area contributed by atoms with Gasteiger partial charge in [0.2, 0.25) is 0 Å². The molecule has 0 saturated heterocycles. The van der Waals surface area contributed by atoms with E-state index in [4.69, 9.17) is 73.4 Å². The minimum atomic E-state index is 0. The zero-order valence-electron chi connectivity index (χ0n) is 7.87. The molecule has 0 aliphatic carbocycles. The van der Waals surface area contributed by atoms with E-state index in [2.05, 4.69) is 15.7 Å². The fourth-order valence-corrected chi connectivity index (χ4v) is 0. The molecule has 0 aromatic rings. The van der Waals surface area contributed by atoms with E-state index in [0.717, 1.165) is 6.26 Å². The molecule has 1 N–H and O–H groups in total. The molecule has 0 atom stereocenters. The van der Waals surface area contributed by atoms with Gasteiger partial charge in [-0.3, -0.25) is 0 Å². The van der Waals surface area contributed by atoms with E-state index in [1.807, 2.05) is 0 Å². The predicted molar refractivity (Wildman–Crippen MR) is 33.1 cm³/mol. The molecule has 0 aliphatic rings. The molecule has 0 heterocycles. The average Bonchev–Trinajstić information content (AvgIpc) is 2.44. The van der Waals surface area contributed by atoms with Crippen LogP contribution in [0.1, 0.15) is 0 Å². The van der Waals surface area contributed by atoms with E-state index in [-0.39, 0.29) is 18.9 Å². The minimum absolute atomic E-state index is 0. The molecule has 81 valence electrons. The zero-order chi connectivity index (χ0) is 14.7. The van der Waals surface area contributed by atoms with Gasteiger partial charge in [0, 0.05) is 0 Å². The molecule has 16 heavy (non-hydrogen) atoms. The molecule has 0 rings (SSSR count). The van der Waals surface area contributed by atoms with Gasteiger partial charge in [0.15, 0.2) is 0 Å². The van der Waals surface area contributed by atoms with Crippen molar-refractivity contribution in [3.63, 3.8) is 0 Å². The fourth-order valence-electron chi connectivity index (χ4n) is 0. The molecule has 0 aliphatic heterocycles.